The molecule has 0 aromatic carbocycles. The molecule has 0 radical (unpaired) electrons. The predicted octanol–water partition coefficient (Wildman–Crippen LogP) is 0.526. The standard InChI is InChI=1S/C9H13N3O/c1-7-9(12-5-4-11-7)13-8-2-3-10-6-8/h4-5,8,10H,2-3,6H2,1H3. The Bertz CT molecular complexity index is 284. The normalized spacial score (nSPS) is 21.8. The molecule has 13 heavy (non-hydrogen) atoms. The average molecular weight is 179 g/mol. The Kier molecular flexibility index (Phi) is 2.40. The van der Waals surface area contributed by atoms with Crippen molar-refractivity contribution in [3.8, 4) is 5.88 Å². The Morgan fingerprint density at radius 1 is 1.46 bits per heavy atom. The number of hydrogen-bond acceptors (Lipinski definition) is 4. The van der Waals surface area contributed by atoms with Crippen LogP contribution in [0.1, 0.15) is 12.1 Å². The van der Waals surface area contributed by atoms with Crippen molar-refractivity contribution >= 4 is 0 Å². The third-order valence-electron chi connectivity index (χ3n) is 2.13. The lowest BCUT2D eigenvalue weighted by atomic mass is 10.3. The number of aryl methyl sites for hydroxylation is 1. The Morgan fingerprint density at radius 2 is 2.31 bits per heavy atom. The summed E-state index contributed by atoms with van der Waals surface area (Å²) in [6, 6.07) is 0. The van der Waals surface area contributed by atoms with E-state index >= 15 is 0 Å². The lowest BCUT2D eigenvalue weighted by molar-refractivity contribution is 0.211. The molecule has 1 aromatic heterocycles. The van der Waals surface area contributed by atoms with Crippen LogP contribution in [0.5, 0.6) is 5.88 Å². The third-order valence-corrected chi connectivity index (χ3v) is 2.13. The van der Waals surface area contributed by atoms with E-state index in [1.807, 2.05) is 6.92 Å². The van der Waals surface area contributed by atoms with Gasteiger partial charge in [0.1, 0.15) is 6.10 Å². The van der Waals surface area contributed by atoms with Crippen molar-refractivity contribution in [2.24, 2.45) is 0 Å². The molecule has 0 saturated carbocycles. The second-order valence-electron chi connectivity index (χ2n) is 3.18. The molecule has 1 fully saturated rings. The molecule has 4 nitrogen and oxygen atoms in total. The monoisotopic (exact) mass is 179 g/mol. The largest absolute Gasteiger partial charge is 0.472 e. The lowest BCUT2D eigenvalue weighted by Crippen LogP contribution is -2.20. The Balaban J connectivity index is 2.04. The van der Waals surface area contributed by atoms with Crippen LogP contribution < -0.4 is 10.1 Å². The maximum absolute atomic E-state index is 5.67. The summed E-state index contributed by atoms with van der Waals surface area (Å²) in [5, 5.41) is 3.24. The van der Waals surface area contributed by atoms with E-state index in [0.29, 0.717) is 5.88 Å². The van der Waals surface area contributed by atoms with E-state index in [-0.39, 0.29) is 6.10 Å². The van der Waals surface area contributed by atoms with Gasteiger partial charge in [0.05, 0.1) is 5.69 Å². The molecule has 2 rings (SSSR count). The van der Waals surface area contributed by atoms with Crippen LogP contribution in [-0.4, -0.2) is 29.2 Å². The van der Waals surface area contributed by atoms with Gasteiger partial charge in [0.15, 0.2) is 0 Å². The molecule has 2 heterocycles. The SMILES string of the molecule is Cc1nccnc1OC1CCNC1. The molecule has 0 spiro atoms. The molecule has 4 heteroatoms. The van der Waals surface area contributed by atoms with Crippen LogP contribution in [0.3, 0.4) is 0 Å². The molecule has 0 aliphatic carbocycles. The van der Waals surface area contributed by atoms with Gasteiger partial charge in [-0.1, -0.05) is 0 Å². The smallest absolute Gasteiger partial charge is 0.235 e. The molecule has 1 unspecified atom stereocenters. The first kappa shape index (κ1) is 8.44. The Hall–Kier alpha value is -1.16. The molecule has 1 N–H and O–H groups in total. The molecule has 1 aromatic rings. The molecule has 1 aliphatic heterocycles. The van der Waals surface area contributed by atoms with Crippen molar-refractivity contribution in [3.63, 3.8) is 0 Å². The number of rotatable bonds is 2. The number of aromatic nitrogens is 2. The van der Waals surface area contributed by atoms with Crippen LogP contribution in [0, 0.1) is 6.92 Å². The third kappa shape index (κ3) is 1.95. The summed E-state index contributed by atoms with van der Waals surface area (Å²) in [6.07, 6.45) is 4.64. The Morgan fingerprint density at radius 3 is 3.00 bits per heavy atom. The molecule has 70 valence electrons. The van der Waals surface area contributed by atoms with Gasteiger partial charge in [0, 0.05) is 18.9 Å². The van der Waals surface area contributed by atoms with Crippen LogP contribution in [0.2, 0.25) is 0 Å². The zero-order valence-corrected chi connectivity index (χ0v) is 7.66. The topological polar surface area (TPSA) is 47.0 Å². The van der Waals surface area contributed by atoms with Crippen LogP contribution in [0.4, 0.5) is 0 Å². The Labute approximate surface area is 77.4 Å². The first-order valence-corrected chi connectivity index (χ1v) is 4.51. The van der Waals surface area contributed by atoms with Crippen molar-refractivity contribution in [2.75, 3.05) is 13.1 Å². The van der Waals surface area contributed by atoms with Crippen LogP contribution in [0.25, 0.3) is 0 Å². The van der Waals surface area contributed by atoms with Crippen LogP contribution in [0.15, 0.2) is 12.4 Å². The van der Waals surface area contributed by atoms with E-state index in [1.165, 1.54) is 0 Å². The molecule has 1 aliphatic rings. The summed E-state index contributed by atoms with van der Waals surface area (Å²) >= 11 is 0. The quantitative estimate of drug-likeness (QED) is 0.719. The molecule has 0 bridgehead atoms. The minimum absolute atomic E-state index is 0.260. The summed E-state index contributed by atoms with van der Waals surface area (Å²) < 4.78 is 5.67. The van der Waals surface area contributed by atoms with Crippen molar-refractivity contribution in [1.82, 2.24) is 15.3 Å². The van der Waals surface area contributed by atoms with Crippen molar-refractivity contribution in [3.05, 3.63) is 18.1 Å². The lowest BCUT2D eigenvalue weighted by Gasteiger charge is -2.11. The first-order chi connectivity index (χ1) is 6.36. The number of hydrogen-bond donors (Lipinski definition) is 1. The molecular weight excluding hydrogens is 166 g/mol. The molecule has 1 atom stereocenters. The zero-order chi connectivity index (χ0) is 9.10. The highest BCUT2D eigenvalue weighted by atomic mass is 16.5. The summed E-state index contributed by atoms with van der Waals surface area (Å²) in [6.45, 7) is 3.85. The minimum Gasteiger partial charge on any atom is -0.472 e. The number of ether oxygens (including phenoxy) is 1. The fourth-order valence-corrected chi connectivity index (χ4v) is 1.40. The highest BCUT2D eigenvalue weighted by molar-refractivity contribution is 5.15. The van der Waals surface area contributed by atoms with E-state index in [1.54, 1.807) is 12.4 Å². The van der Waals surface area contributed by atoms with Gasteiger partial charge in [-0.25, -0.2) is 4.98 Å². The fraction of sp³-hybridized carbons (Fsp3) is 0.556. The van der Waals surface area contributed by atoms with E-state index in [0.717, 1.165) is 25.2 Å². The summed E-state index contributed by atoms with van der Waals surface area (Å²) in [4.78, 5) is 8.24. The first-order valence-electron chi connectivity index (χ1n) is 4.51. The zero-order valence-electron chi connectivity index (χ0n) is 7.66. The van der Waals surface area contributed by atoms with Crippen LogP contribution >= 0.6 is 0 Å². The number of nitrogens with one attached hydrogen (secondary N) is 1. The van der Waals surface area contributed by atoms with Gasteiger partial charge in [0.2, 0.25) is 5.88 Å². The average Bonchev–Trinajstić information content (AvgIpc) is 2.61. The van der Waals surface area contributed by atoms with Gasteiger partial charge in [-0.2, -0.15) is 0 Å². The van der Waals surface area contributed by atoms with E-state index in [4.69, 9.17) is 4.74 Å². The van der Waals surface area contributed by atoms with Crippen molar-refractivity contribution < 1.29 is 4.74 Å². The molecular formula is C9H13N3O. The van der Waals surface area contributed by atoms with Crippen molar-refractivity contribution in [1.29, 1.82) is 0 Å². The van der Waals surface area contributed by atoms with Gasteiger partial charge < -0.3 is 10.1 Å². The highest BCUT2D eigenvalue weighted by Gasteiger charge is 2.17. The van der Waals surface area contributed by atoms with Crippen molar-refractivity contribution in [2.45, 2.75) is 19.4 Å². The van der Waals surface area contributed by atoms with Gasteiger partial charge in [-0.05, 0) is 19.9 Å². The van der Waals surface area contributed by atoms with Gasteiger partial charge in [-0.15, -0.1) is 0 Å². The predicted molar refractivity (Wildman–Crippen MR) is 48.7 cm³/mol. The van der Waals surface area contributed by atoms with E-state index < -0.39 is 0 Å². The second-order valence-corrected chi connectivity index (χ2v) is 3.18. The maximum Gasteiger partial charge on any atom is 0.235 e. The maximum atomic E-state index is 5.67. The minimum atomic E-state index is 0.260. The van der Waals surface area contributed by atoms with Gasteiger partial charge in [0.25, 0.3) is 0 Å². The second kappa shape index (κ2) is 3.70. The summed E-state index contributed by atoms with van der Waals surface area (Å²) in [5.74, 6) is 0.663. The van der Waals surface area contributed by atoms with E-state index in [9.17, 15) is 0 Å². The number of nitrogens with zero attached hydrogens (tertiary/aromatic N) is 2. The summed E-state index contributed by atoms with van der Waals surface area (Å²) in [7, 11) is 0. The van der Waals surface area contributed by atoms with Gasteiger partial charge in [-0.3, -0.25) is 4.98 Å². The fourth-order valence-electron chi connectivity index (χ4n) is 1.40. The highest BCUT2D eigenvalue weighted by Crippen LogP contribution is 2.14. The molecule has 0 amide bonds. The molecule has 1 saturated heterocycles. The van der Waals surface area contributed by atoms with E-state index in [2.05, 4.69) is 15.3 Å². The van der Waals surface area contributed by atoms with Crippen LogP contribution in [-0.2, 0) is 0 Å². The summed E-state index contributed by atoms with van der Waals surface area (Å²) in [5.41, 5.74) is 0.856. The van der Waals surface area contributed by atoms with Gasteiger partial charge >= 0.3 is 0 Å².